The minimum absolute atomic E-state index is 0.0493. The zero-order valence-corrected chi connectivity index (χ0v) is 21.2. The Hall–Kier alpha value is -4.22. The summed E-state index contributed by atoms with van der Waals surface area (Å²) in [6.45, 7) is 3.83. The number of nitrogens with zero attached hydrogens (tertiary/aromatic N) is 2. The zero-order chi connectivity index (χ0) is 27.2. The Morgan fingerprint density at radius 1 is 1.05 bits per heavy atom. The number of morpholine rings is 1. The van der Waals surface area contributed by atoms with E-state index in [4.69, 9.17) is 18.6 Å². The van der Waals surface area contributed by atoms with Crippen LogP contribution in [0.2, 0.25) is 0 Å². The van der Waals surface area contributed by atoms with Gasteiger partial charge in [-0.25, -0.2) is 4.39 Å². The number of benzene rings is 2. The van der Waals surface area contributed by atoms with Crippen LogP contribution in [-0.4, -0.2) is 75.1 Å². The second kappa shape index (κ2) is 12.1. The summed E-state index contributed by atoms with van der Waals surface area (Å²) < 4.78 is 35.4. The Morgan fingerprint density at radius 2 is 1.90 bits per heavy atom. The van der Waals surface area contributed by atoms with E-state index in [1.54, 1.807) is 36.4 Å². The molecule has 11 heteroatoms. The third-order valence-corrected chi connectivity index (χ3v) is 6.41. The van der Waals surface area contributed by atoms with E-state index in [1.165, 1.54) is 23.1 Å². The number of fused-ring (bicyclic) bond motifs is 1. The molecule has 204 valence electrons. The van der Waals surface area contributed by atoms with Crippen LogP contribution < -0.4 is 19.7 Å². The van der Waals surface area contributed by atoms with Gasteiger partial charge >= 0.3 is 0 Å². The van der Waals surface area contributed by atoms with E-state index in [2.05, 4.69) is 10.2 Å². The summed E-state index contributed by atoms with van der Waals surface area (Å²) in [5, 5.41) is 2.85. The van der Waals surface area contributed by atoms with E-state index >= 15 is 0 Å². The van der Waals surface area contributed by atoms with Crippen molar-refractivity contribution in [1.29, 1.82) is 0 Å². The summed E-state index contributed by atoms with van der Waals surface area (Å²) in [5.41, 5.74) is 0.698. The molecule has 2 amide bonds. The molecule has 3 aromatic rings. The van der Waals surface area contributed by atoms with Crippen molar-refractivity contribution in [2.75, 3.05) is 57.5 Å². The first-order chi connectivity index (χ1) is 19.0. The number of amides is 2. The smallest absolute Gasteiger partial charge is 0.287 e. The van der Waals surface area contributed by atoms with Crippen molar-refractivity contribution in [1.82, 2.24) is 10.2 Å². The molecule has 0 spiro atoms. The van der Waals surface area contributed by atoms with Gasteiger partial charge in [0.05, 0.1) is 25.4 Å². The number of rotatable bonds is 10. The van der Waals surface area contributed by atoms with Crippen LogP contribution in [0.3, 0.4) is 0 Å². The molecule has 0 bridgehead atoms. The highest BCUT2D eigenvalue weighted by atomic mass is 19.1. The van der Waals surface area contributed by atoms with Gasteiger partial charge in [0.15, 0.2) is 24.8 Å². The predicted molar refractivity (Wildman–Crippen MR) is 138 cm³/mol. The fourth-order valence-electron chi connectivity index (χ4n) is 4.32. The molecular formula is C28H28FN3O7. The van der Waals surface area contributed by atoms with E-state index in [-0.39, 0.29) is 48.9 Å². The number of Topliss-reactive ketones (excluding diaryl/α,β-unsaturated/α-hetero) is 1. The number of anilines is 1. The minimum Gasteiger partial charge on any atom is -0.485 e. The maximum atomic E-state index is 13.4. The highest BCUT2D eigenvalue weighted by molar-refractivity contribution is 6.02. The Balaban J connectivity index is 1.22. The third-order valence-electron chi connectivity index (χ3n) is 6.41. The Kier molecular flexibility index (Phi) is 8.18. The van der Waals surface area contributed by atoms with Gasteiger partial charge in [-0.1, -0.05) is 6.07 Å². The second-order valence-electron chi connectivity index (χ2n) is 9.10. The number of furan rings is 1. The van der Waals surface area contributed by atoms with Crippen LogP contribution in [0, 0.1) is 5.82 Å². The Bertz CT molecular complexity index is 1350. The fourth-order valence-corrected chi connectivity index (χ4v) is 4.32. The maximum Gasteiger partial charge on any atom is 0.287 e. The number of nitrogens with one attached hydrogen (secondary N) is 1. The molecule has 0 saturated carbocycles. The summed E-state index contributed by atoms with van der Waals surface area (Å²) >= 11 is 0. The van der Waals surface area contributed by atoms with E-state index in [9.17, 15) is 18.8 Å². The van der Waals surface area contributed by atoms with Gasteiger partial charge < -0.3 is 23.9 Å². The van der Waals surface area contributed by atoms with Crippen LogP contribution in [0.25, 0.3) is 0 Å². The summed E-state index contributed by atoms with van der Waals surface area (Å²) in [6.07, 6.45) is 0. The van der Waals surface area contributed by atoms with Gasteiger partial charge in [0.25, 0.3) is 11.8 Å². The molecule has 2 aromatic carbocycles. The standard InChI is InChI=1S/C28H28FN3O7/c29-20-2-1-3-21(15-20)37-17-24(33)19-4-6-25-23(14-19)32(27(34)18-38-25)16-22-5-7-26(39-22)28(35)30-8-9-31-10-12-36-13-11-31/h1-7,14-15H,8-13,16-18H2,(H,30,35). The van der Waals surface area contributed by atoms with Crippen molar-refractivity contribution >= 4 is 23.3 Å². The molecule has 0 radical (unpaired) electrons. The SMILES string of the molecule is O=C(COc1cccc(F)c1)c1ccc2c(c1)N(Cc1ccc(C(=O)NCCN3CCOCC3)o1)C(=O)CO2. The largest absolute Gasteiger partial charge is 0.485 e. The van der Waals surface area contributed by atoms with E-state index in [0.29, 0.717) is 42.5 Å². The van der Waals surface area contributed by atoms with Gasteiger partial charge in [0.2, 0.25) is 0 Å². The summed E-state index contributed by atoms with van der Waals surface area (Å²) in [5.74, 6) is -0.261. The molecule has 0 aliphatic carbocycles. The van der Waals surface area contributed by atoms with Gasteiger partial charge in [-0.05, 0) is 42.5 Å². The fraction of sp³-hybridized carbons (Fsp3) is 0.321. The molecule has 2 aliphatic heterocycles. The highest BCUT2D eigenvalue weighted by Crippen LogP contribution is 2.34. The van der Waals surface area contributed by atoms with Gasteiger partial charge in [-0.2, -0.15) is 0 Å². The first-order valence-electron chi connectivity index (χ1n) is 12.6. The summed E-state index contributed by atoms with van der Waals surface area (Å²) in [7, 11) is 0. The lowest BCUT2D eigenvalue weighted by molar-refractivity contribution is -0.121. The van der Waals surface area contributed by atoms with Gasteiger partial charge in [0.1, 0.15) is 23.1 Å². The second-order valence-corrected chi connectivity index (χ2v) is 9.10. The molecule has 1 saturated heterocycles. The predicted octanol–water partition coefficient (Wildman–Crippen LogP) is 2.67. The molecule has 5 rings (SSSR count). The number of hydrogen-bond donors (Lipinski definition) is 1. The lowest BCUT2D eigenvalue weighted by Gasteiger charge is -2.29. The number of halogens is 1. The van der Waals surface area contributed by atoms with Crippen LogP contribution in [0.4, 0.5) is 10.1 Å². The average Bonchev–Trinajstić information content (AvgIpc) is 3.42. The molecular weight excluding hydrogens is 509 g/mol. The molecule has 10 nitrogen and oxygen atoms in total. The van der Waals surface area contributed by atoms with E-state index in [0.717, 1.165) is 19.6 Å². The van der Waals surface area contributed by atoms with Crippen molar-refractivity contribution in [3.05, 3.63) is 77.5 Å². The minimum atomic E-state index is -0.466. The van der Waals surface area contributed by atoms with Crippen LogP contribution in [-0.2, 0) is 16.1 Å². The molecule has 3 heterocycles. The quantitative estimate of drug-likeness (QED) is 0.393. The van der Waals surface area contributed by atoms with Crippen molar-refractivity contribution in [2.45, 2.75) is 6.54 Å². The number of hydrogen-bond acceptors (Lipinski definition) is 8. The normalized spacial score (nSPS) is 15.4. The zero-order valence-electron chi connectivity index (χ0n) is 21.2. The van der Waals surface area contributed by atoms with Gasteiger partial charge in [-0.15, -0.1) is 0 Å². The highest BCUT2D eigenvalue weighted by Gasteiger charge is 2.28. The molecule has 39 heavy (non-hydrogen) atoms. The first kappa shape index (κ1) is 26.4. The van der Waals surface area contributed by atoms with Gasteiger partial charge in [-0.3, -0.25) is 24.2 Å². The number of ether oxygens (including phenoxy) is 3. The average molecular weight is 538 g/mol. The monoisotopic (exact) mass is 537 g/mol. The van der Waals surface area contributed by atoms with E-state index in [1.807, 2.05) is 0 Å². The van der Waals surface area contributed by atoms with Crippen LogP contribution >= 0.6 is 0 Å². The first-order valence-corrected chi connectivity index (χ1v) is 12.6. The van der Waals surface area contributed by atoms with E-state index < -0.39 is 5.82 Å². The molecule has 0 atom stereocenters. The number of carbonyl (C=O) groups excluding carboxylic acids is 3. The topological polar surface area (TPSA) is 111 Å². The molecule has 1 aromatic heterocycles. The summed E-state index contributed by atoms with van der Waals surface area (Å²) in [4.78, 5) is 41.7. The van der Waals surface area contributed by atoms with Crippen molar-refractivity contribution < 1.29 is 37.4 Å². The Morgan fingerprint density at radius 3 is 2.72 bits per heavy atom. The lowest BCUT2D eigenvalue weighted by atomic mass is 10.1. The van der Waals surface area contributed by atoms with Crippen LogP contribution in [0.1, 0.15) is 26.7 Å². The van der Waals surface area contributed by atoms with Gasteiger partial charge in [0, 0.05) is 37.8 Å². The third kappa shape index (κ3) is 6.62. The molecule has 2 aliphatic rings. The van der Waals surface area contributed by atoms with Crippen LogP contribution in [0.15, 0.2) is 59.0 Å². The van der Waals surface area contributed by atoms with Crippen molar-refractivity contribution in [2.24, 2.45) is 0 Å². The maximum absolute atomic E-state index is 13.4. The molecule has 1 fully saturated rings. The summed E-state index contributed by atoms with van der Waals surface area (Å²) in [6, 6.07) is 13.5. The Labute approximate surface area is 224 Å². The number of carbonyl (C=O) groups is 3. The van der Waals surface area contributed by atoms with Crippen molar-refractivity contribution in [3.8, 4) is 11.5 Å². The lowest BCUT2D eigenvalue weighted by Crippen LogP contribution is -2.41. The number of ketones is 1. The van der Waals surface area contributed by atoms with Crippen LogP contribution in [0.5, 0.6) is 11.5 Å². The molecule has 1 N–H and O–H groups in total. The molecule has 0 unspecified atom stereocenters. The van der Waals surface area contributed by atoms with Crippen molar-refractivity contribution in [3.63, 3.8) is 0 Å².